The van der Waals surface area contributed by atoms with Crippen molar-refractivity contribution >= 4 is 23.6 Å². The summed E-state index contributed by atoms with van der Waals surface area (Å²) in [7, 11) is 0. The summed E-state index contributed by atoms with van der Waals surface area (Å²) in [6, 6.07) is -1.36. The van der Waals surface area contributed by atoms with Crippen LogP contribution in [0.2, 0.25) is 0 Å². The minimum Gasteiger partial charge on any atom is -0.548 e. The van der Waals surface area contributed by atoms with Crippen molar-refractivity contribution in [1.29, 1.82) is 0 Å². The highest BCUT2D eigenvalue weighted by molar-refractivity contribution is 7.98. The maximum absolute atomic E-state index is 11.1. The molecule has 0 radical (unpaired) electrons. The van der Waals surface area contributed by atoms with Crippen LogP contribution in [-0.4, -0.2) is 36.0 Å². The molecule has 0 aromatic rings. The molecule has 0 aromatic carbocycles. The van der Waals surface area contributed by atoms with Gasteiger partial charge in [0.1, 0.15) is 0 Å². The van der Waals surface area contributed by atoms with Crippen LogP contribution in [0.5, 0.6) is 0 Å². The van der Waals surface area contributed by atoms with Gasteiger partial charge in [0.25, 0.3) is 5.91 Å². The molecule has 0 saturated heterocycles. The number of quaternary nitrogens is 1. The van der Waals surface area contributed by atoms with Gasteiger partial charge in [0.2, 0.25) is 0 Å². The third-order valence-corrected chi connectivity index (χ3v) is 2.30. The van der Waals surface area contributed by atoms with Crippen LogP contribution in [0.4, 0.5) is 0 Å². The Morgan fingerprint density at radius 1 is 1.57 bits per heavy atom. The third kappa shape index (κ3) is 5.08. The number of carboxylic acid groups (broad SMARTS) is 1. The number of carbonyl (C=O) groups is 2. The van der Waals surface area contributed by atoms with E-state index in [-0.39, 0.29) is 5.91 Å². The van der Waals surface area contributed by atoms with E-state index in [4.69, 9.17) is 0 Å². The van der Waals surface area contributed by atoms with E-state index in [1.165, 1.54) is 11.8 Å². The zero-order valence-corrected chi connectivity index (χ0v) is 9.23. The minimum atomic E-state index is -1.24. The van der Waals surface area contributed by atoms with Gasteiger partial charge in [-0.1, -0.05) is 0 Å². The van der Waals surface area contributed by atoms with E-state index in [9.17, 15) is 14.7 Å². The normalized spacial score (nSPS) is 14.5. The Bertz CT molecular complexity index is 209. The summed E-state index contributed by atoms with van der Waals surface area (Å²) in [6.07, 6.45) is 2.25. The van der Waals surface area contributed by atoms with Crippen molar-refractivity contribution in [3.63, 3.8) is 0 Å². The van der Waals surface area contributed by atoms with Crippen LogP contribution < -0.4 is 16.2 Å². The van der Waals surface area contributed by atoms with Gasteiger partial charge in [-0.05, 0) is 25.4 Å². The molecule has 1 amide bonds. The van der Waals surface area contributed by atoms with Crippen LogP contribution in [0.25, 0.3) is 0 Å². The molecule has 4 N–H and O–H groups in total. The van der Waals surface area contributed by atoms with E-state index < -0.39 is 18.1 Å². The summed E-state index contributed by atoms with van der Waals surface area (Å²) < 4.78 is 0. The Morgan fingerprint density at radius 2 is 2.14 bits per heavy atom. The number of hydrogen-bond donors (Lipinski definition) is 2. The number of hydrogen-bond acceptors (Lipinski definition) is 4. The highest BCUT2D eigenvalue weighted by Gasteiger charge is 2.17. The summed E-state index contributed by atoms with van der Waals surface area (Å²) in [4.78, 5) is 21.8. The number of aliphatic carboxylic acids is 1. The average Bonchev–Trinajstić information content (AvgIpc) is 2.10. The topological polar surface area (TPSA) is 96.9 Å². The maximum Gasteiger partial charge on any atom is 0.278 e. The van der Waals surface area contributed by atoms with Crippen molar-refractivity contribution in [3.8, 4) is 0 Å². The highest BCUT2D eigenvalue weighted by Crippen LogP contribution is 2.00. The molecule has 82 valence electrons. The smallest absolute Gasteiger partial charge is 0.278 e. The van der Waals surface area contributed by atoms with Gasteiger partial charge in [-0.25, -0.2) is 0 Å². The highest BCUT2D eigenvalue weighted by atomic mass is 32.2. The molecule has 5 nitrogen and oxygen atoms in total. The first-order valence-corrected chi connectivity index (χ1v) is 5.71. The molecule has 2 atom stereocenters. The van der Waals surface area contributed by atoms with E-state index in [1.807, 2.05) is 6.26 Å². The lowest BCUT2D eigenvalue weighted by atomic mass is 10.2. The van der Waals surface area contributed by atoms with Crippen molar-refractivity contribution in [3.05, 3.63) is 0 Å². The molecule has 0 bridgehead atoms. The van der Waals surface area contributed by atoms with Crippen molar-refractivity contribution in [2.45, 2.75) is 25.4 Å². The molecule has 0 unspecified atom stereocenters. The van der Waals surface area contributed by atoms with E-state index >= 15 is 0 Å². The largest absolute Gasteiger partial charge is 0.548 e. The van der Waals surface area contributed by atoms with Gasteiger partial charge < -0.3 is 21.0 Å². The summed E-state index contributed by atoms with van der Waals surface area (Å²) in [5.74, 6) is -0.932. The summed E-state index contributed by atoms with van der Waals surface area (Å²) in [5, 5.41) is 13.0. The molecule has 0 spiro atoms. The lowest BCUT2D eigenvalue weighted by Gasteiger charge is -2.19. The van der Waals surface area contributed by atoms with E-state index in [0.717, 1.165) is 0 Å². The first kappa shape index (κ1) is 13.2. The van der Waals surface area contributed by atoms with Crippen molar-refractivity contribution in [2.75, 3.05) is 12.0 Å². The zero-order chi connectivity index (χ0) is 11.1. The SMILES string of the molecule is CSCC[C@@H](NC(=O)[C@@H](C)[NH3+])C(=O)[O-]. The Morgan fingerprint density at radius 3 is 2.50 bits per heavy atom. The molecule has 0 aliphatic heterocycles. The second-order valence-electron chi connectivity index (χ2n) is 3.06. The van der Waals surface area contributed by atoms with Crippen LogP contribution in [0.1, 0.15) is 13.3 Å². The van der Waals surface area contributed by atoms with E-state index in [0.29, 0.717) is 12.2 Å². The predicted molar refractivity (Wildman–Crippen MR) is 52.3 cm³/mol. The van der Waals surface area contributed by atoms with Gasteiger partial charge in [-0.2, -0.15) is 11.8 Å². The fourth-order valence-corrected chi connectivity index (χ4v) is 1.27. The number of carboxylic acids is 1. The van der Waals surface area contributed by atoms with E-state index in [1.54, 1.807) is 6.92 Å². The molecule has 0 rings (SSSR count). The molecule has 0 aromatic heterocycles. The number of nitrogens with one attached hydrogen (secondary N) is 1. The predicted octanol–water partition coefficient (Wildman–Crippen LogP) is -2.40. The number of rotatable bonds is 6. The number of thioether (sulfide) groups is 1. The lowest BCUT2D eigenvalue weighted by Crippen LogP contribution is -2.67. The van der Waals surface area contributed by atoms with Gasteiger partial charge in [0, 0.05) is 0 Å². The zero-order valence-electron chi connectivity index (χ0n) is 8.41. The third-order valence-electron chi connectivity index (χ3n) is 1.66. The fourth-order valence-electron chi connectivity index (χ4n) is 0.799. The molecule has 0 fully saturated rings. The molecule has 0 aliphatic carbocycles. The van der Waals surface area contributed by atoms with Crippen LogP contribution in [-0.2, 0) is 9.59 Å². The Labute approximate surface area is 87.4 Å². The fraction of sp³-hybridized carbons (Fsp3) is 0.750. The van der Waals surface area contributed by atoms with Crippen LogP contribution in [0, 0.1) is 0 Å². The van der Waals surface area contributed by atoms with Crippen LogP contribution in [0.3, 0.4) is 0 Å². The Hall–Kier alpha value is -0.750. The van der Waals surface area contributed by atoms with Gasteiger partial charge >= 0.3 is 0 Å². The molecule has 0 aliphatic rings. The molecule has 0 heterocycles. The summed E-state index contributed by atoms with van der Waals surface area (Å²) in [6.45, 7) is 1.61. The maximum atomic E-state index is 11.1. The molecule has 6 heteroatoms. The first-order valence-electron chi connectivity index (χ1n) is 4.32. The Kier molecular flexibility index (Phi) is 6.31. The van der Waals surface area contributed by atoms with Crippen LogP contribution >= 0.6 is 11.8 Å². The molecular weight excluding hydrogens is 204 g/mol. The monoisotopic (exact) mass is 220 g/mol. The first-order chi connectivity index (χ1) is 6.49. The van der Waals surface area contributed by atoms with Gasteiger partial charge in [-0.15, -0.1) is 0 Å². The Balaban J connectivity index is 4.09. The second-order valence-corrected chi connectivity index (χ2v) is 4.05. The quantitative estimate of drug-likeness (QED) is 0.521. The lowest BCUT2D eigenvalue weighted by molar-refractivity contribution is -0.398. The van der Waals surface area contributed by atoms with Gasteiger partial charge in [0.05, 0.1) is 12.0 Å². The van der Waals surface area contributed by atoms with E-state index in [2.05, 4.69) is 11.1 Å². The minimum absolute atomic E-state index is 0.361. The molecule has 14 heavy (non-hydrogen) atoms. The second kappa shape index (κ2) is 6.67. The van der Waals surface area contributed by atoms with Crippen molar-refractivity contribution in [1.82, 2.24) is 5.32 Å². The summed E-state index contributed by atoms with van der Waals surface area (Å²) in [5.41, 5.74) is 3.50. The van der Waals surface area contributed by atoms with Crippen molar-refractivity contribution in [2.24, 2.45) is 0 Å². The number of amides is 1. The average molecular weight is 220 g/mol. The van der Waals surface area contributed by atoms with Crippen LogP contribution in [0.15, 0.2) is 0 Å². The van der Waals surface area contributed by atoms with Gasteiger partial charge in [0.15, 0.2) is 6.04 Å². The number of carbonyl (C=O) groups excluding carboxylic acids is 2. The summed E-state index contributed by atoms with van der Waals surface area (Å²) >= 11 is 1.52. The molecular formula is C8H16N2O3S. The standard InChI is InChI=1S/C8H16N2O3S/c1-5(9)7(11)10-6(8(12)13)3-4-14-2/h5-6H,3-4,9H2,1-2H3,(H,10,11)(H,12,13)/t5-,6-/m1/s1. The van der Waals surface area contributed by atoms with Crippen molar-refractivity contribution < 1.29 is 20.4 Å². The molecule has 0 saturated carbocycles. The van der Waals surface area contributed by atoms with Gasteiger partial charge in [-0.3, -0.25) is 4.79 Å².